The summed E-state index contributed by atoms with van der Waals surface area (Å²) in [4.78, 5) is 6.81. The van der Waals surface area contributed by atoms with Crippen LogP contribution in [-0.2, 0) is 6.54 Å². The van der Waals surface area contributed by atoms with E-state index in [2.05, 4.69) is 41.9 Å². The summed E-state index contributed by atoms with van der Waals surface area (Å²) >= 11 is 0. The number of rotatable bonds is 2. The quantitative estimate of drug-likeness (QED) is 0.564. The van der Waals surface area contributed by atoms with Crippen molar-refractivity contribution in [3.8, 4) is 11.5 Å². The zero-order chi connectivity index (χ0) is 20.0. The SMILES string of the molecule is CC1=CC(c2c(O)cc(C)c3c2OCN(c2cnc4ccccc4c2)C3)CCC1. The summed E-state index contributed by atoms with van der Waals surface area (Å²) in [7, 11) is 0. The van der Waals surface area contributed by atoms with Crippen molar-refractivity contribution in [1.29, 1.82) is 0 Å². The minimum atomic E-state index is 0.229. The Balaban J connectivity index is 1.53. The predicted octanol–water partition coefficient (Wildman–Crippen LogP) is 5.82. The number of nitrogens with zero attached hydrogens (tertiary/aromatic N) is 2. The van der Waals surface area contributed by atoms with Gasteiger partial charge in [-0.25, -0.2) is 0 Å². The Hall–Kier alpha value is -3.01. The van der Waals surface area contributed by atoms with E-state index in [-0.39, 0.29) is 5.92 Å². The highest BCUT2D eigenvalue weighted by Crippen LogP contribution is 2.46. The van der Waals surface area contributed by atoms with Crippen LogP contribution in [0.4, 0.5) is 5.69 Å². The predicted molar refractivity (Wildman–Crippen MR) is 117 cm³/mol. The van der Waals surface area contributed by atoms with Crippen molar-refractivity contribution in [2.45, 2.75) is 45.6 Å². The number of aromatic hydroxyl groups is 1. The Morgan fingerprint density at radius 3 is 2.90 bits per heavy atom. The maximum Gasteiger partial charge on any atom is 0.161 e. The number of hydrogen-bond acceptors (Lipinski definition) is 4. The lowest BCUT2D eigenvalue weighted by Crippen LogP contribution is -2.33. The number of hydrogen-bond donors (Lipinski definition) is 1. The third-order valence-electron chi connectivity index (χ3n) is 6.22. The van der Waals surface area contributed by atoms with E-state index in [1.165, 1.54) is 5.57 Å². The van der Waals surface area contributed by atoms with Gasteiger partial charge >= 0.3 is 0 Å². The van der Waals surface area contributed by atoms with Crippen LogP contribution < -0.4 is 9.64 Å². The lowest BCUT2D eigenvalue weighted by atomic mass is 9.83. The topological polar surface area (TPSA) is 45.6 Å². The number of fused-ring (bicyclic) bond motifs is 2. The number of pyridine rings is 1. The Morgan fingerprint density at radius 2 is 2.03 bits per heavy atom. The van der Waals surface area contributed by atoms with Gasteiger partial charge in [0.2, 0.25) is 0 Å². The smallest absolute Gasteiger partial charge is 0.161 e. The molecule has 5 rings (SSSR count). The first kappa shape index (κ1) is 18.0. The van der Waals surface area contributed by atoms with Crippen LogP contribution in [-0.4, -0.2) is 16.8 Å². The van der Waals surface area contributed by atoms with Gasteiger partial charge in [-0.2, -0.15) is 0 Å². The van der Waals surface area contributed by atoms with Crippen LogP contribution in [0, 0.1) is 6.92 Å². The number of para-hydroxylation sites is 1. The second-order valence-electron chi connectivity index (χ2n) is 8.30. The fourth-order valence-electron chi connectivity index (χ4n) is 4.66. The Bertz CT molecular complexity index is 1120. The molecule has 1 aromatic heterocycles. The van der Waals surface area contributed by atoms with Gasteiger partial charge in [0.1, 0.15) is 11.5 Å². The van der Waals surface area contributed by atoms with Gasteiger partial charge in [-0.3, -0.25) is 4.98 Å². The second kappa shape index (κ2) is 7.11. The van der Waals surface area contributed by atoms with Crippen molar-refractivity contribution in [1.82, 2.24) is 4.98 Å². The van der Waals surface area contributed by atoms with Crippen molar-refractivity contribution in [3.63, 3.8) is 0 Å². The summed E-state index contributed by atoms with van der Waals surface area (Å²) in [6.07, 6.45) is 7.58. The number of aromatic nitrogens is 1. The van der Waals surface area contributed by atoms with Gasteiger partial charge in [-0.1, -0.05) is 29.8 Å². The van der Waals surface area contributed by atoms with Crippen LogP contribution in [0.3, 0.4) is 0 Å². The first-order valence-electron chi connectivity index (χ1n) is 10.4. The standard InChI is InChI=1S/C25H26N2O2/c1-16-6-5-8-19(10-16)24-23(28)11-17(2)21-14-27(15-29-25(21)24)20-12-18-7-3-4-9-22(18)26-13-20/h3-4,7,9-13,19,28H,5-6,8,14-15H2,1-2H3. The van der Waals surface area contributed by atoms with Crippen LogP contribution in [0.5, 0.6) is 11.5 Å². The average Bonchev–Trinajstić information content (AvgIpc) is 2.73. The van der Waals surface area contributed by atoms with Gasteiger partial charge in [-0.15, -0.1) is 0 Å². The van der Waals surface area contributed by atoms with Gasteiger partial charge in [0.25, 0.3) is 0 Å². The molecule has 4 heteroatoms. The van der Waals surface area contributed by atoms with E-state index in [0.29, 0.717) is 12.5 Å². The number of ether oxygens (including phenoxy) is 1. The molecule has 2 heterocycles. The van der Waals surface area contributed by atoms with Gasteiger partial charge in [-0.05, 0) is 56.9 Å². The van der Waals surface area contributed by atoms with Crippen molar-refractivity contribution in [3.05, 3.63) is 70.9 Å². The average molecular weight is 386 g/mol. The van der Waals surface area contributed by atoms with Crippen LogP contribution in [0.2, 0.25) is 0 Å². The first-order valence-corrected chi connectivity index (χ1v) is 10.4. The molecule has 1 aliphatic heterocycles. The molecule has 0 fully saturated rings. The first-order chi connectivity index (χ1) is 14.1. The molecule has 1 N–H and O–H groups in total. The van der Waals surface area contributed by atoms with E-state index in [9.17, 15) is 5.11 Å². The fourth-order valence-corrected chi connectivity index (χ4v) is 4.66. The van der Waals surface area contributed by atoms with E-state index < -0.39 is 0 Å². The maximum absolute atomic E-state index is 10.8. The molecule has 0 amide bonds. The molecular formula is C25H26N2O2. The molecule has 2 aromatic carbocycles. The molecule has 29 heavy (non-hydrogen) atoms. The summed E-state index contributed by atoms with van der Waals surface area (Å²) < 4.78 is 6.29. The summed E-state index contributed by atoms with van der Waals surface area (Å²) in [6.45, 7) is 5.44. The number of anilines is 1. The third-order valence-corrected chi connectivity index (χ3v) is 6.22. The number of phenolic OH excluding ortho intramolecular Hbond substituents is 1. The lowest BCUT2D eigenvalue weighted by Gasteiger charge is -2.34. The summed E-state index contributed by atoms with van der Waals surface area (Å²) in [5.74, 6) is 1.47. The number of allylic oxidation sites excluding steroid dienone is 2. The van der Waals surface area contributed by atoms with Crippen molar-refractivity contribution >= 4 is 16.6 Å². The molecule has 0 radical (unpaired) electrons. The van der Waals surface area contributed by atoms with E-state index in [0.717, 1.165) is 64.8 Å². The molecule has 0 saturated heterocycles. The third kappa shape index (κ3) is 3.23. The monoisotopic (exact) mass is 386 g/mol. The highest BCUT2D eigenvalue weighted by molar-refractivity contribution is 5.81. The molecule has 3 aromatic rings. The summed E-state index contributed by atoms with van der Waals surface area (Å²) in [5, 5.41) is 11.9. The van der Waals surface area contributed by atoms with Gasteiger partial charge < -0.3 is 14.7 Å². The molecule has 148 valence electrons. The number of aryl methyl sites for hydroxylation is 1. The van der Waals surface area contributed by atoms with Gasteiger partial charge in [0, 0.05) is 22.4 Å². The Kier molecular flexibility index (Phi) is 4.42. The molecule has 0 bridgehead atoms. The maximum atomic E-state index is 10.8. The molecule has 1 unspecified atom stereocenters. The zero-order valence-corrected chi connectivity index (χ0v) is 17.0. The minimum absolute atomic E-state index is 0.229. The largest absolute Gasteiger partial charge is 0.507 e. The minimum Gasteiger partial charge on any atom is -0.507 e. The highest BCUT2D eigenvalue weighted by Gasteiger charge is 2.29. The van der Waals surface area contributed by atoms with Crippen molar-refractivity contribution in [2.75, 3.05) is 11.6 Å². The molecule has 2 aliphatic rings. The second-order valence-corrected chi connectivity index (χ2v) is 8.30. The summed E-state index contributed by atoms with van der Waals surface area (Å²) in [6, 6.07) is 12.2. The fraction of sp³-hybridized carbons (Fsp3) is 0.320. The van der Waals surface area contributed by atoms with Crippen molar-refractivity contribution in [2.24, 2.45) is 0 Å². The molecule has 4 nitrogen and oxygen atoms in total. The Labute approximate surface area is 171 Å². The van der Waals surface area contributed by atoms with Crippen molar-refractivity contribution < 1.29 is 9.84 Å². The van der Waals surface area contributed by atoms with Crippen LogP contribution in [0.1, 0.15) is 48.8 Å². The van der Waals surface area contributed by atoms with Gasteiger partial charge in [0.15, 0.2) is 6.73 Å². The van der Waals surface area contributed by atoms with E-state index in [4.69, 9.17) is 4.74 Å². The normalized spacial score (nSPS) is 18.9. The van der Waals surface area contributed by atoms with Crippen LogP contribution >= 0.6 is 0 Å². The number of benzene rings is 2. The van der Waals surface area contributed by atoms with Crippen LogP contribution in [0.15, 0.2) is 54.2 Å². The van der Waals surface area contributed by atoms with E-state index in [1.807, 2.05) is 30.5 Å². The molecule has 1 atom stereocenters. The lowest BCUT2D eigenvalue weighted by molar-refractivity contribution is 0.281. The number of phenols is 1. The highest BCUT2D eigenvalue weighted by atomic mass is 16.5. The van der Waals surface area contributed by atoms with E-state index in [1.54, 1.807) is 0 Å². The summed E-state index contributed by atoms with van der Waals surface area (Å²) in [5.41, 5.74) is 6.63. The van der Waals surface area contributed by atoms with Gasteiger partial charge in [0.05, 0.1) is 23.9 Å². The van der Waals surface area contributed by atoms with Crippen LogP contribution in [0.25, 0.3) is 10.9 Å². The zero-order valence-electron chi connectivity index (χ0n) is 17.0. The Morgan fingerprint density at radius 1 is 1.17 bits per heavy atom. The molecule has 0 spiro atoms. The van der Waals surface area contributed by atoms with E-state index >= 15 is 0 Å². The molecule has 1 aliphatic carbocycles. The molecular weight excluding hydrogens is 360 g/mol. The molecule has 0 saturated carbocycles.